The number of allylic oxidation sites excluding steroid dienone is 2. The molecule has 2 N–H and O–H groups in total. The summed E-state index contributed by atoms with van der Waals surface area (Å²) in [5.41, 5.74) is 7.79. The first kappa shape index (κ1) is 11.5. The second-order valence-corrected chi connectivity index (χ2v) is 4.30. The van der Waals surface area contributed by atoms with E-state index in [1.54, 1.807) is 0 Å². The number of hydrogen-bond donors (Lipinski definition) is 1. The SMILES string of the molecule is CCCC(N)(CCC)C1=CCCC=C1. The van der Waals surface area contributed by atoms with E-state index in [0.29, 0.717) is 0 Å². The van der Waals surface area contributed by atoms with Gasteiger partial charge >= 0.3 is 0 Å². The van der Waals surface area contributed by atoms with Crippen molar-refractivity contribution >= 4 is 0 Å². The van der Waals surface area contributed by atoms with Crippen molar-refractivity contribution in [3.8, 4) is 0 Å². The standard InChI is InChI=1S/C13H23N/c1-3-10-13(14,11-4-2)12-8-6-5-7-9-12/h6,8-9H,3-5,7,10-11,14H2,1-2H3. The van der Waals surface area contributed by atoms with Gasteiger partial charge in [0.2, 0.25) is 0 Å². The van der Waals surface area contributed by atoms with Crippen LogP contribution in [0.3, 0.4) is 0 Å². The molecule has 0 atom stereocenters. The summed E-state index contributed by atoms with van der Waals surface area (Å²) >= 11 is 0. The van der Waals surface area contributed by atoms with Gasteiger partial charge in [0, 0.05) is 5.54 Å². The Morgan fingerprint density at radius 2 is 1.86 bits per heavy atom. The third-order valence-corrected chi connectivity index (χ3v) is 2.96. The van der Waals surface area contributed by atoms with E-state index in [2.05, 4.69) is 32.1 Å². The van der Waals surface area contributed by atoms with Crippen molar-refractivity contribution in [2.75, 3.05) is 0 Å². The maximum atomic E-state index is 6.47. The maximum Gasteiger partial charge on any atom is 0.0406 e. The van der Waals surface area contributed by atoms with Gasteiger partial charge in [-0.05, 0) is 31.3 Å². The monoisotopic (exact) mass is 193 g/mol. The number of hydrogen-bond acceptors (Lipinski definition) is 1. The summed E-state index contributed by atoms with van der Waals surface area (Å²) in [7, 11) is 0. The zero-order valence-corrected chi connectivity index (χ0v) is 9.55. The van der Waals surface area contributed by atoms with Crippen molar-refractivity contribution in [1.82, 2.24) is 0 Å². The van der Waals surface area contributed by atoms with Gasteiger partial charge in [-0.3, -0.25) is 0 Å². The molecule has 1 aliphatic rings. The van der Waals surface area contributed by atoms with Crippen LogP contribution in [0.2, 0.25) is 0 Å². The number of nitrogens with two attached hydrogens (primary N) is 1. The van der Waals surface area contributed by atoms with Crippen molar-refractivity contribution in [3.05, 3.63) is 23.8 Å². The Morgan fingerprint density at radius 3 is 2.29 bits per heavy atom. The largest absolute Gasteiger partial charge is 0.321 e. The van der Waals surface area contributed by atoms with Crippen LogP contribution in [-0.2, 0) is 0 Å². The molecular formula is C13H23N. The molecule has 0 aromatic heterocycles. The minimum atomic E-state index is -0.0551. The summed E-state index contributed by atoms with van der Waals surface area (Å²) in [6.45, 7) is 4.43. The van der Waals surface area contributed by atoms with Gasteiger partial charge in [0.15, 0.2) is 0 Å². The summed E-state index contributed by atoms with van der Waals surface area (Å²) in [5, 5.41) is 0. The molecule has 0 aliphatic heterocycles. The van der Waals surface area contributed by atoms with Crippen LogP contribution >= 0.6 is 0 Å². The Kier molecular flexibility index (Phi) is 4.40. The quantitative estimate of drug-likeness (QED) is 0.710. The molecule has 0 fully saturated rings. The van der Waals surface area contributed by atoms with Crippen molar-refractivity contribution < 1.29 is 0 Å². The lowest BCUT2D eigenvalue weighted by Gasteiger charge is -2.31. The molecule has 1 nitrogen and oxygen atoms in total. The van der Waals surface area contributed by atoms with Crippen LogP contribution in [0.25, 0.3) is 0 Å². The average Bonchev–Trinajstić information content (AvgIpc) is 2.20. The molecule has 0 saturated heterocycles. The van der Waals surface area contributed by atoms with Crippen LogP contribution in [0.15, 0.2) is 23.8 Å². The van der Waals surface area contributed by atoms with E-state index in [9.17, 15) is 0 Å². The van der Waals surface area contributed by atoms with Crippen LogP contribution in [-0.4, -0.2) is 5.54 Å². The molecule has 0 amide bonds. The van der Waals surface area contributed by atoms with E-state index in [-0.39, 0.29) is 5.54 Å². The topological polar surface area (TPSA) is 26.0 Å². The molecule has 0 spiro atoms. The second-order valence-electron chi connectivity index (χ2n) is 4.30. The van der Waals surface area contributed by atoms with Crippen LogP contribution < -0.4 is 5.73 Å². The van der Waals surface area contributed by atoms with Crippen LogP contribution in [0, 0.1) is 0 Å². The van der Waals surface area contributed by atoms with Crippen LogP contribution in [0.4, 0.5) is 0 Å². The van der Waals surface area contributed by atoms with Crippen molar-refractivity contribution in [2.24, 2.45) is 5.73 Å². The zero-order valence-electron chi connectivity index (χ0n) is 9.55. The molecule has 0 heterocycles. The normalized spacial score (nSPS) is 16.9. The Labute approximate surface area is 88.1 Å². The van der Waals surface area contributed by atoms with Crippen molar-refractivity contribution in [3.63, 3.8) is 0 Å². The highest BCUT2D eigenvalue weighted by molar-refractivity contribution is 5.32. The fourth-order valence-corrected chi connectivity index (χ4v) is 2.29. The highest BCUT2D eigenvalue weighted by Gasteiger charge is 2.26. The molecule has 14 heavy (non-hydrogen) atoms. The fourth-order valence-electron chi connectivity index (χ4n) is 2.29. The van der Waals surface area contributed by atoms with Crippen molar-refractivity contribution in [1.29, 1.82) is 0 Å². The average molecular weight is 193 g/mol. The molecule has 80 valence electrons. The second kappa shape index (κ2) is 5.35. The first-order valence-electron chi connectivity index (χ1n) is 5.89. The van der Waals surface area contributed by atoms with Crippen LogP contribution in [0.5, 0.6) is 0 Å². The predicted molar refractivity (Wildman–Crippen MR) is 63.2 cm³/mol. The molecule has 1 rings (SSSR count). The van der Waals surface area contributed by atoms with E-state index in [0.717, 1.165) is 19.3 Å². The molecule has 0 saturated carbocycles. The zero-order chi connectivity index (χ0) is 10.4. The highest BCUT2D eigenvalue weighted by atomic mass is 14.7. The molecule has 1 heteroatoms. The van der Waals surface area contributed by atoms with E-state index < -0.39 is 0 Å². The summed E-state index contributed by atoms with van der Waals surface area (Å²) in [4.78, 5) is 0. The Balaban J connectivity index is 2.74. The lowest BCUT2D eigenvalue weighted by molar-refractivity contribution is 0.422. The van der Waals surface area contributed by atoms with Gasteiger partial charge in [-0.1, -0.05) is 44.9 Å². The summed E-state index contributed by atoms with van der Waals surface area (Å²) in [5.74, 6) is 0. The van der Waals surface area contributed by atoms with E-state index in [1.165, 1.54) is 24.8 Å². The number of rotatable bonds is 5. The smallest absolute Gasteiger partial charge is 0.0406 e. The summed E-state index contributed by atoms with van der Waals surface area (Å²) in [6.07, 6.45) is 13.7. The van der Waals surface area contributed by atoms with Gasteiger partial charge in [0.1, 0.15) is 0 Å². The van der Waals surface area contributed by atoms with E-state index >= 15 is 0 Å². The van der Waals surface area contributed by atoms with Gasteiger partial charge in [-0.15, -0.1) is 0 Å². The Morgan fingerprint density at radius 1 is 1.21 bits per heavy atom. The third-order valence-electron chi connectivity index (χ3n) is 2.96. The van der Waals surface area contributed by atoms with Gasteiger partial charge in [-0.25, -0.2) is 0 Å². The molecule has 0 unspecified atom stereocenters. The van der Waals surface area contributed by atoms with E-state index in [1.807, 2.05) is 0 Å². The minimum absolute atomic E-state index is 0.0551. The van der Waals surface area contributed by atoms with E-state index in [4.69, 9.17) is 5.73 Å². The van der Waals surface area contributed by atoms with Gasteiger partial charge < -0.3 is 5.73 Å². The molecule has 0 bridgehead atoms. The van der Waals surface area contributed by atoms with Crippen LogP contribution in [0.1, 0.15) is 52.4 Å². The summed E-state index contributed by atoms with van der Waals surface area (Å²) in [6, 6.07) is 0. The maximum absolute atomic E-state index is 6.47. The van der Waals surface area contributed by atoms with Gasteiger partial charge in [0.05, 0.1) is 0 Å². The lowest BCUT2D eigenvalue weighted by atomic mass is 9.80. The molecule has 1 aliphatic carbocycles. The molecule has 0 aromatic rings. The molecule has 0 aromatic carbocycles. The Hall–Kier alpha value is -0.560. The van der Waals surface area contributed by atoms with Crippen molar-refractivity contribution in [2.45, 2.75) is 57.9 Å². The fraction of sp³-hybridized carbons (Fsp3) is 0.692. The van der Waals surface area contributed by atoms with Gasteiger partial charge in [0.25, 0.3) is 0 Å². The Bertz CT molecular complexity index is 219. The first-order chi connectivity index (χ1) is 6.73. The molecule has 0 radical (unpaired) electrons. The first-order valence-corrected chi connectivity index (χ1v) is 5.89. The predicted octanol–water partition coefficient (Wildman–Crippen LogP) is 3.56. The third kappa shape index (κ3) is 2.71. The molecular weight excluding hydrogens is 170 g/mol. The highest BCUT2D eigenvalue weighted by Crippen LogP contribution is 2.28. The van der Waals surface area contributed by atoms with Gasteiger partial charge in [-0.2, -0.15) is 0 Å². The minimum Gasteiger partial charge on any atom is -0.321 e. The lowest BCUT2D eigenvalue weighted by Crippen LogP contribution is -2.41. The summed E-state index contributed by atoms with van der Waals surface area (Å²) < 4.78 is 0.